The van der Waals surface area contributed by atoms with Crippen molar-refractivity contribution in [2.45, 2.75) is 17.9 Å². The van der Waals surface area contributed by atoms with Crippen molar-refractivity contribution >= 4 is 10.0 Å². The fourth-order valence-electron chi connectivity index (χ4n) is 0.732. The predicted octanol–water partition coefficient (Wildman–Crippen LogP) is 0.470. The number of nitrogens with zero attached hydrogens (tertiary/aromatic N) is 1. The summed E-state index contributed by atoms with van der Waals surface area (Å²) < 4.78 is 29.5. The van der Waals surface area contributed by atoms with E-state index in [0.29, 0.717) is 0 Å². The van der Waals surface area contributed by atoms with Crippen molar-refractivity contribution in [3.05, 3.63) is 18.6 Å². The SMILES string of the molecule is C[C@H](C#N)NS(=O)(=O)c1ccoc1. The third kappa shape index (κ3) is 2.31. The van der Waals surface area contributed by atoms with Gasteiger partial charge in [0.2, 0.25) is 10.0 Å². The quantitative estimate of drug-likeness (QED) is 0.768. The van der Waals surface area contributed by atoms with E-state index in [9.17, 15) is 8.42 Å². The number of hydrogen-bond acceptors (Lipinski definition) is 4. The Labute approximate surface area is 76.0 Å². The summed E-state index contributed by atoms with van der Waals surface area (Å²) in [5, 5.41) is 8.40. The lowest BCUT2D eigenvalue weighted by atomic mass is 10.4. The van der Waals surface area contributed by atoms with E-state index in [1.54, 1.807) is 6.07 Å². The van der Waals surface area contributed by atoms with E-state index in [0.717, 1.165) is 6.26 Å². The summed E-state index contributed by atoms with van der Waals surface area (Å²) in [6.07, 6.45) is 2.36. The normalized spacial score (nSPS) is 13.5. The molecule has 6 heteroatoms. The summed E-state index contributed by atoms with van der Waals surface area (Å²) in [4.78, 5) is 0.0228. The largest absolute Gasteiger partial charge is 0.471 e. The molecule has 0 fully saturated rings. The molecule has 1 heterocycles. The minimum atomic E-state index is -3.59. The van der Waals surface area contributed by atoms with Gasteiger partial charge in [0, 0.05) is 0 Å². The monoisotopic (exact) mass is 200 g/mol. The molecule has 0 radical (unpaired) electrons. The highest BCUT2D eigenvalue weighted by Crippen LogP contribution is 2.08. The lowest BCUT2D eigenvalue weighted by Crippen LogP contribution is -2.31. The van der Waals surface area contributed by atoms with Crippen LogP contribution < -0.4 is 4.72 Å². The summed E-state index contributed by atoms with van der Waals surface area (Å²) in [6, 6.07) is 2.32. The molecule has 0 aliphatic heterocycles. The van der Waals surface area contributed by atoms with E-state index >= 15 is 0 Å². The van der Waals surface area contributed by atoms with Crippen LogP contribution in [0.1, 0.15) is 6.92 Å². The highest BCUT2D eigenvalue weighted by atomic mass is 32.2. The van der Waals surface area contributed by atoms with Crippen LogP contribution in [0.3, 0.4) is 0 Å². The van der Waals surface area contributed by atoms with Gasteiger partial charge in [0.05, 0.1) is 12.3 Å². The van der Waals surface area contributed by atoms with Crippen molar-refractivity contribution in [1.82, 2.24) is 4.72 Å². The van der Waals surface area contributed by atoms with Crippen molar-refractivity contribution in [3.63, 3.8) is 0 Å². The van der Waals surface area contributed by atoms with Gasteiger partial charge in [0.15, 0.2) is 0 Å². The number of hydrogen-bond donors (Lipinski definition) is 1. The van der Waals surface area contributed by atoms with Gasteiger partial charge in [-0.25, -0.2) is 8.42 Å². The third-order valence-electron chi connectivity index (χ3n) is 1.33. The molecule has 1 atom stereocenters. The highest BCUT2D eigenvalue weighted by molar-refractivity contribution is 7.89. The second-order valence-electron chi connectivity index (χ2n) is 2.43. The molecule has 13 heavy (non-hydrogen) atoms. The van der Waals surface area contributed by atoms with Crippen LogP contribution in [0.15, 0.2) is 27.9 Å². The molecule has 0 amide bonds. The van der Waals surface area contributed by atoms with E-state index in [4.69, 9.17) is 5.26 Å². The van der Waals surface area contributed by atoms with Crippen molar-refractivity contribution in [3.8, 4) is 6.07 Å². The summed E-state index contributed by atoms with van der Waals surface area (Å²) >= 11 is 0. The van der Waals surface area contributed by atoms with Crippen LogP contribution in [0, 0.1) is 11.3 Å². The minimum Gasteiger partial charge on any atom is -0.471 e. The number of nitriles is 1. The second kappa shape index (κ2) is 3.60. The minimum absolute atomic E-state index is 0.0228. The number of rotatable bonds is 3. The van der Waals surface area contributed by atoms with E-state index in [2.05, 4.69) is 9.14 Å². The topological polar surface area (TPSA) is 83.1 Å². The Morgan fingerprint density at radius 3 is 2.85 bits per heavy atom. The molecule has 0 bridgehead atoms. The second-order valence-corrected chi connectivity index (χ2v) is 4.15. The third-order valence-corrected chi connectivity index (χ3v) is 2.85. The molecule has 5 nitrogen and oxygen atoms in total. The average Bonchev–Trinajstić information content (AvgIpc) is 2.55. The van der Waals surface area contributed by atoms with Crippen LogP contribution in [0.25, 0.3) is 0 Å². The van der Waals surface area contributed by atoms with Crippen LogP contribution in [0.5, 0.6) is 0 Å². The van der Waals surface area contributed by atoms with Crippen LogP contribution in [0.4, 0.5) is 0 Å². The molecule has 1 N–H and O–H groups in total. The molecule has 1 aromatic heterocycles. The van der Waals surface area contributed by atoms with Gasteiger partial charge in [0.25, 0.3) is 0 Å². The molecule has 0 saturated heterocycles. The standard InChI is InChI=1S/C7H8N2O3S/c1-6(4-8)9-13(10,11)7-2-3-12-5-7/h2-3,5-6,9H,1H3/t6-/m1/s1. The maximum atomic E-state index is 11.3. The first-order valence-corrected chi connectivity index (χ1v) is 4.99. The van der Waals surface area contributed by atoms with Crippen molar-refractivity contribution in [1.29, 1.82) is 5.26 Å². The van der Waals surface area contributed by atoms with Crippen LogP contribution in [-0.4, -0.2) is 14.5 Å². The molecule has 1 aromatic rings. The average molecular weight is 200 g/mol. The Bertz CT molecular complexity index is 401. The van der Waals surface area contributed by atoms with Crippen LogP contribution in [-0.2, 0) is 10.0 Å². The Hall–Kier alpha value is -1.32. The molecule has 1 rings (SSSR count). The summed E-state index contributed by atoms with van der Waals surface area (Å²) in [5.74, 6) is 0. The van der Waals surface area contributed by atoms with Gasteiger partial charge >= 0.3 is 0 Å². The number of nitrogens with one attached hydrogen (secondary N) is 1. The van der Waals surface area contributed by atoms with E-state index in [1.807, 2.05) is 0 Å². The van der Waals surface area contributed by atoms with Crippen molar-refractivity contribution in [2.75, 3.05) is 0 Å². The first-order chi connectivity index (χ1) is 6.06. The molecule has 0 saturated carbocycles. The van der Waals surface area contributed by atoms with E-state index in [1.165, 1.54) is 19.3 Å². The Kier molecular flexibility index (Phi) is 2.70. The van der Waals surface area contributed by atoms with Crippen LogP contribution >= 0.6 is 0 Å². The molecule has 0 aliphatic carbocycles. The maximum Gasteiger partial charge on any atom is 0.244 e. The lowest BCUT2D eigenvalue weighted by molar-refractivity contribution is 0.552. The van der Waals surface area contributed by atoms with Crippen LogP contribution in [0.2, 0.25) is 0 Å². The number of furan rings is 1. The van der Waals surface area contributed by atoms with Gasteiger partial charge < -0.3 is 4.42 Å². The predicted molar refractivity (Wildman–Crippen MR) is 44.1 cm³/mol. The van der Waals surface area contributed by atoms with Gasteiger partial charge in [-0.15, -0.1) is 0 Å². The highest BCUT2D eigenvalue weighted by Gasteiger charge is 2.17. The van der Waals surface area contributed by atoms with E-state index < -0.39 is 16.1 Å². The molecule has 0 aromatic carbocycles. The zero-order chi connectivity index (χ0) is 9.90. The number of sulfonamides is 1. The molecule has 0 aliphatic rings. The summed E-state index contributed by atoms with van der Waals surface area (Å²) in [7, 11) is -3.59. The van der Waals surface area contributed by atoms with Gasteiger partial charge in [0.1, 0.15) is 17.2 Å². The molecular formula is C7H8N2O3S. The zero-order valence-corrected chi connectivity index (χ0v) is 7.71. The smallest absolute Gasteiger partial charge is 0.244 e. The van der Waals surface area contributed by atoms with Gasteiger partial charge in [-0.05, 0) is 13.0 Å². The first kappa shape index (κ1) is 9.77. The fraction of sp³-hybridized carbons (Fsp3) is 0.286. The molecule has 70 valence electrons. The molecule has 0 spiro atoms. The van der Waals surface area contributed by atoms with Gasteiger partial charge in [-0.3, -0.25) is 0 Å². The molecule has 0 unspecified atom stereocenters. The van der Waals surface area contributed by atoms with E-state index in [-0.39, 0.29) is 4.90 Å². The van der Waals surface area contributed by atoms with Gasteiger partial charge in [-0.1, -0.05) is 0 Å². The van der Waals surface area contributed by atoms with Gasteiger partial charge in [-0.2, -0.15) is 9.98 Å². The summed E-state index contributed by atoms with van der Waals surface area (Å²) in [6.45, 7) is 1.46. The fourth-order valence-corrected chi connectivity index (χ4v) is 1.80. The van der Waals surface area contributed by atoms with Crippen molar-refractivity contribution in [2.24, 2.45) is 0 Å². The Morgan fingerprint density at radius 2 is 2.38 bits per heavy atom. The first-order valence-electron chi connectivity index (χ1n) is 3.50. The molecular weight excluding hydrogens is 192 g/mol. The Morgan fingerprint density at radius 1 is 1.69 bits per heavy atom. The Balaban J connectivity index is 2.87. The zero-order valence-electron chi connectivity index (χ0n) is 6.89. The summed E-state index contributed by atoms with van der Waals surface area (Å²) in [5.41, 5.74) is 0. The maximum absolute atomic E-state index is 11.3. The van der Waals surface area contributed by atoms with Crippen molar-refractivity contribution < 1.29 is 12.8 Å². The lowest BCUT2D eigenvalue weighted by Gasteiger charge is -2.04.